The summed E-state index contributed by atoms with van der Waals surface area (Å²) in [6.07, 6.45) is 6.09. The Kier molecular flexibility index (Phi) is 6.00. The molecule has 4 heterocycles. The topological polar surface area (TPSA) is 110 Å². The van der Waals surface area contributed by atoms with Crippen molar-refractivity contribution in [3.63, 3.8) is 0 Å². The molecule has 9 nitrogen and oxygen atoms in total. The summed E-state index contributed by atoms with van der Waals surface area (Å²) in [5.41, 5.74) is 1.33. The predicted octanol–water partition coefficient (Wildman–Crippen LogP) is 2.61. The Labute approximate surface area is 182 Å². The highest BCUT2D eigenvalue weighted by molar-refractivity contribution is 7.90. The van der Waals surface area contributed by atoms with Gasteiger partial charge in [-0.05, 0) is 31.6 Å². The molecular weight excluding hydrogens is 418 g/mol. The van der Waals surface area contributed by atoms with E-state index in [9.17, 15) is 13.2 Å². The minimum absolute atomic E-state index is 0.0425. The molecule has 31 heavy (non-hydrogen) atoms. The SMILES string of the molecule is CC(C)c1cc(C(=O)N2CCC(c3nc(N4CCCC4)ncc3S(C)(=O)=O)CC2)on1. The van der Waals surface area contributed by atoms with Gasteiger partial charge in [0.15, 0.2) is 9.84 Å². The molecule has 0 unspecified atom stereocenters. The lowest BCUT2D eigenvalue weighted by Crippen LogP contribution is -2.38. The monoisotopic (exact) mass is 447 g/mol. The summed E-state index contributed by atoms with van der Waals surface area (Å²) >= 11 is 0. The molecule has 2 aliphatic heterocycles. The highest BCUT2D eigenvalue weighted by Gasteiger charge is 2.31. The van der Waals surface area contributed by atoms with Crippen LogP contribution in [0.4, 0.5) is 5.95 Å². The van der Waals surface area contributed by atoms with Crippen LogP contribution < -0.4 is 4.90 Å². The molecule has 2 aromatic heterocycles. The molecule has 0 spiro atoms. The van der Waals surface area contributed by atoms with Gasteiger partial charge >= 0.3 is 0 Å². The van der Waals surface area contributed by atoms with Gasteiger partial charge in [0.25, 0.3) is 5.91 Å². The van der Waals surface area contributed by atoms with Crippen LogP contribution in [0.3, 0.4) is 0 Å². The fourth-order valence-electron chi connectivity index (χ4n) is 4.20. The van der Waals surface area contributed by atoms with Crippen molar-refractivity contribution in [2.45, 2.75) is 56.3 Å². The largest absolute Gasteiger partial charge is 0.351 e. The Balaban J connectivity index is 1.52. The Bertz CT molecular complexity index is 1050. The second kappa shape index (κ2) is 8.57. The average molecular weight is 448 g/mol. The van der Waals surface area contributed by atoms with Crippen LogP contribution in [0.2, 0.25) is 0 Å². The number of carbonyl (C=O) groups is 1. The summed E-state index contributed by atoms with van der Waals surface area (Å²) in [7, 11) is -3.45. The molecule has 1 amide bonds. The van der Waals surface area contributed by atoms with Crippen LogP contribution in [0.25, 0.3) is 0 Å². The molecule has 168 valence electrons. The Morgan fingerprint density at radius 3 is 2.42 bits per heavy atom. The van der Waals surface area contributed by atoms with Gasteiger partial charge in [-0.3, -0.25) is 4.79 Å². The van der Waals surface area contributed by atoms with Gasteiger partial charge in [0.1, 0.15) is 4.90 Å². The van der Waals surface area contributed by atoms with Crippen molar-refractivity contribution in [2.24, 2.45) is 0 Å². The van der Waals surface area contributed by atoms with Gasteiger partial charge in [0.2, 0.25) is 11.7 Å². The highest BCUT2D eigenvalue weighted by Crippen LogP contribution is 2.33. The first-order valence-electron chi connectivity index (χ1n) is 10.8. The Morgan fingerprint density at radius 1 is 1.16 bits per heavy atom. The van der Waals surface area contributed by atoms with Crippen molar-refractivity contribution in [1.29, 1.82) is 0 Å². The number of amides is 1. The lowest BCUT2D eigenvalue weighted by atomic mass is 9.93. The van der Waals surface area contributed by atoms with Crippen LogP contribution in [-0.4, -0.2) is 66.8 Å². The second-order valence-electron chi connectivity index (χ2n) is 8.72. The van der Waals surface area contributed by atoms with E-state index in [1.54, 1.807) is 11.0 Å². The van der Waals surface area contributed by atoms with Crippen molar-refractivity contribution in [1.82, 2.24) is 20.0 Å². The van der Waals surface area contributed by atoms with Crippen molar-refractivity contribution in [3.8, 4) is 0 Å². The number of rotatable bonds is 5. The van der Waals surface area contributed by atoms with Crippen LogP contribution in [0.15, 0.2) is 21.7 Å². The van der Waals surface area contributed by atoms with E-state index in [4.69, 9.17) is 9.51 Å². The smallest absolute Gasteiger partial charge is 0.292 e. The van der Waals surface area contributed by atoms with Crippen LogP contribution in [0.5, 0.6) is 0 Å². The summed E-state index contributed by atoms with van der Waals surface area (Å²) in [5.74, 6) is 0.812. The molecular formula is C21H29N5O4S. The van der Waals surface area contributed by atoms with Gasteiger partial charge in [-0.25, -0.2) is 18.4 Å². The zero-order valence-electron chi connectivity index (χ0n) is 18.2. The molecule has 0 N–H and O–H groups in total. The maximum Gasteiger partial charge on any atom is 0.292 e. The van der Waals surface area contributed by atoms with Gasteiger partial charge in [-0.2, -0.15) is 0 Å². The minimum atomic E-state index is -3.45. The molecule has 10 heteroatoms. The number of aromatic nitrogens is 3. The van der Waals surface area contributed by atoms with Crippen LogP contribution in [0, 0.1) is 0 Å². The lowest BCUT2D eigenvalue weighted by molar-refractivity contribution is 0.0669. The summed E-state index contributed by atoms with van der Waals surface area (Å²) in [4.78, 5) is 25.9. The maximum absolute atomic E-state index is 12.8. The standard InChI is InChI=1S/C21H29N5O4S/c1-14(2)16-12-17(30-24-16)20(27)25-10-6-15(7-11-25)19-18(31(3,28)29)13-22-21(23-19)26-8-4-5-9-26/h12-15H,4-11H2,1-3H3. The Hall–Kier alpha value is -2.49. The number of nitrogens with zero attached hydrogens (tertiary/aromatic N) is 5. The number of hydrogen-bond acceptors (Lipinski definition) is 8. The summed E-state index contributed by atoms with van der Waals surface area (Å²) in [6.45, 7) is 6.78. The van der Waals surface area contributed by atoms with Gasteiger partial charge in [-0.1, -0.05) is 19.0 Å². The molecule has 0 radical (unpaired) electrons. The van der Waals surface area contributed by atoms with Crippen molar-refractivity contribution in [2.75, 3.05) is 37.3 Å². The average Bonchev–Trinajstić information content (AvgIpc) is 3.44. The van der Waals surface area contributed by atoms with E-state index < -0.39 is 9.84 Å². The van der Waals surface area contributed by atoms with Crippen LogP contribution in [0.1, 0.15) is 73.3 Å². The van der Waals surface area contributed by atoms with E-state index in [-0.39, 0.29) is 28.4 Å². The molecule has 2 aromatic rings. The number of anilines is 1. The zero-order valence-corrected chi connectivity index (χ0v) is 19.1. The van der Waals surface area contributed by atoms with Gasteiger partial charge < -0.3 is 14.3 Å². The zero-order chi connectivity index (χ0) is 22.2. The van der Waals surface area contributed by atoms with E-state index in [0.717, 1.165) is 31.6 Å². The van der Waals surface area contributed by atoms with E-state index in [1.165, 1.54) is 12.5 Å². The molecule has 2 fully saturated rings. The highest BCUT2D eigenvalue weighted by atomic mass is 32.2. The molecule has 2 aliphatic rings. The number of likely N-dealkylation sites (tertiary alicyclic amines) is 1. The molecule has 0 aromatic carbocycles. The van der Waals surface area contributed by atoms with Crippen molar-refractivity contribution >= 4 is 21.7 Å². The molecule has 0 aliphatic carbocycles. The third-order valence-corrected chi connectivity index (χ3v) is 7.17. The van der Waals surface area contributed by atoms with E-state index in [2.05, 4.69) is 15.0 Å². The van der Waals surface area contributed by atoms with Crippen molar-refractivity contribution < 1.29 is 17.7 Å². The quantitative estimate of drug-likeness (QED) is 0.688. The molecule has 0 atom stereocenters. The van der Waals surface area contributed by atoms with E-state index in [1.807, 2.05) is 13.8 Å². The number of hydrogen-bond donors (Lipinski definition) is 0. The van der Waals surface area contributed by atoms with E-state index >= 15 is 0 Å². The first-order valence-corrected chi connectivity index (χ1v) is 12.7. The van der Waals surface area contributed by atoms with E-state index in [0.29, 0.717) is 37.6 Å². The molecule has 2 saturated heterocycles. The fraction of sp³-hybridized carbons (Fsp3) is 0.619. The normalized spacial score (nSPS) is 18.2. The molecule has 0 bridgehead atoms. The van der Waals surface area contributed by atoms with Gasteiger partial charge in [0, 0.05) is 44.4 Å². The van der Waals surface area contributed by atoms with Crippen LogP contribution >= 0.6 is 0 Å². The van der Waals surface area contributed by atoms with Crippen LogP contribution in [-0.2, 0) is 9.84 Å². The molecule has 0 saturated carbocycles. The lowest BCUT2D eigenvalue weighted by Gasteiger charge is -2.32. The predicted molar refractivity (Wildman–Crippen MR) is 115 cm³/mol. The maximum atomic E-state index is 12.8. The third-order valence-electron chi connectivity index (χ3n) is 6.06. The summed E-state index contributed by atoms with van der Waals surface area (Å²) in [6, 6.07) is 1.70. The second-order valence-corrected chi connectivity index (χ2v) is 10.7. The summed E-state index contributed by atoms with van der Waals surface area (Å²) < 4.78 is 30.0. The molecule has 4 rings (SSSR count). The van der Waals surface area contributed by atoms with Gasteiger partial charge in [0.05, 0.1) is 17.6 Å². The number of piperidine rings is 1. The summed E-state index contributed by atoms with van der Waals surface area (Å²) in [5, 5.41) is 3.97. The number of carbonyl (C=O) groups excluding carboxylic acids is 1. The minimum Gasteiger partial charge on any atom is -0.351 e. The first-order chi connectivity index (χ1) is 14.7. The third kappa shape index (κ3) is 4.58. The number of sulfone groups is 1. The Morgan fingerprint density at radius 2 is 1.84 bits per heavy atom. The van der Waals surface area contributed by atoms with Crippen molar-refractivity contribution in [3.05, 3.63) is 29.4 Å². The van der Waals surface area contributed by atoms with Gasteiger partial charge in [-0.15, -0.1) is 0 Å². The fourth-order valence-corrected chi connectivity index (χ4v) is 5.03. The first kappa shape index (κ1) is 21.7.